The number of thiocarbonyl (C=S) groups is 1. The van der Waals surface area contributed by atoms with Gasteiger partial charge in [-0.05, 0) is 18.9 Å². The Labute approximate surface area is 115 Å². The van der Waals surface area contributed by atoms with Gasteiger partial charge in [0.1, 0.15) is 5.60 Å². The average Bonchev–Trinajstić information content (AvgIpc) is 2.40. The van der Waals surface area contributed by atoms with Gasteiger partial charge < -0.3 is 10.1 Å². The summed E-state index contributed by atoms with van der Waals surface area (Å²) in [4.78, 5) is 0.941. The van der Waals surface area contributed by atoms with E-state index in [2.05, 4.69) is 43.4 Å². The van der Waals surface area contributed by atoms with Gasteiger partial charge in [-0.3, -0.25) is 0 Å². The second-order valence-corrected chi connectivity index (χ2v) is 5.37. The summed E-state index contributed by atoms with van der Waals surface area (Å²) < 4.78 is 6.05. The van der Waals surface area contributed by atoms with Crippen LogP contribution in [0, 0.1) is 6.92 Å². The number of benzene rings is 1. The molecule has 1 aliphatic rings. The lowest BCUT2D eigenvalue weighted by molar-refractivity contribution is -0.0191. The molecule has 98 valence electrons. The number of hydrogen-bond acceptors (Lipinski definition) is 3. The van der Waals surface area contributed by atoms with E-state index in [0.717, 1.165) is 43.0 Å². The van der Waals surface area contributed by atoms with Crippen molar-refractivity contribution >= 4 is 17.1 Å². The standard InChI is InChI=1S/C15H21NOS/c1-3-8-15(11-16-9-10-17-15)14(18)13-6-4-12(2)5-7-13/h4-7,16H,3,8-11H2,1-2H3. The maximum absolute atomic E-state index is 6.05. The highest BCUT2D eigenvalue weighted by molar-refractivity contribution is 7.81. The van der Waals surface area contributed by atoms with Gasteiger partial charge in [-0.1, -0.05) is 55.4 Å². The van der Waals surface area contributed by atoms with Gasteiger partial charge in [-0.15, -0.1) is 0 Å². The average molecular weight is 263 g/mol. The summed E-state index contributed by atoms with van der Waals surface area (Å²) >= 11 is 5.70. The van der Waals surface area contributed by atoms with E-state index in [1.165, 1.54) is 5.56 Å². The predicted octanol–water partition coefficient (Wildman–Crippen LogP) is 2.87. The number of ether oxygens (including phenoxy) is 1. The maximum atomic E-state index is 6.05. The van der Waals surface area contributed by atoms with Crippen LogP contribution >= 0.6 is 12.2 Å². The Bertz CT molecular complexity index is 401. The van der Waals surface area contributed by atoms with Gasteiger partial charge in [0.05, 0.1) is 11.5 Å². The highest BCUT2D eigenvalue weighted by Crippen LogP contribution is 2.26. The van der Waals surface area contributed by atoms with Gasteiger partial charge in [0.15, 0.2) is 0 Å². The number of nitrogens with one attached hydrogen (secondary N) is 1. The van der Waals surface area contributed by atoms with E-state index < -0.39 is 0 Å². The third-order valence-corrected chi connectivity index (χ3v) is 4.06. The monoisotopic (exact) mass is 263 g/mol. The number of aryl methyl sites for hydroxylation is 1. The molecule has 1 atom stereocenters. The molecule has 0 amide bonds. The van der Waals surface area contributed by atoms with E-state index in [-0.39, 0.29) is 5.60 Å². The second-order valence-electron chi connectivity index (χ2n) is 4.96. The molecule has 1 N–H and O–H groups in total. The lowest BCUT2D eigenvalue weighted by Gasteiger charge is -2.38. The first-order valence-corrected chi connectivity index (χ1v) is 7.05. The predicted molar refractivity (Wildman–Crippen MR) is 79.3 cm³/mol. The molecule has 0 radical (unpaired) electrons. The van der Waals surface area contributed by atoms with Crippen LogP contribution in [0.4, 0.5) is 0 Å². The summed E-state index contributed by atoms with van der Waals surface area (Å²) in [6.07, 6.45) is 2.06. The van der Waals surface area contributed by atoms with Crippen LogP contribution in [-0.4, -0.2) is 30.2 Å². The Balaban J connectivity index is 2.24. The first kappa shape index (κ1) is 13.7. The van der Waals surface area contributed by atoms with Crippen LogP contribution in [0.2, 0.25) is 0 Å². The SMILES string of the molecule is CCCC1(C(=S)c2ccc(C)cc2)CNCCO1. The smallest absolute Gasteiger partial charge is 0.116 e. The fourth-order valence-electron chi connectivity index (χ4n) is 2.45. The van der Waals surface area contributed by atoms with Crippen molar-refractivity contribution in [2.45, 2.75) is 32.3 Å². The van der Waals surface area contributed by atoms with E-state index in [1.54, 1.807) is 0 Å². The van der Waals surface area contributed by atoms with Crippen molar-refractivity contribution in [1.82, 2.24) is 5.32 Å². The largest absolute Gasteiger partial charge is 0.367 e. The molecule has 0 saturated carbocycles. The summed E-state index contributed by atoms with van der Waals surface area (Å²) in [5.74, 6) is 0. The molecule has 0 bridgehead atoms. The molecule has 2 rings (SSSR count). The summed E-state index contributed by atoms with van der Waals surface area (Å²) in [5, 5.41) is 3.41. The number of morpholine rings is 1. The van der Waals surface area contributed by atoms with Crippen molar-refractivity contribution in [2.24, 2.45) is 0 Å². The van der Waals surface area contributed by atoms with E-state index in [9.17, 15) is 0 Å². The normalized spacial score (nSPS) is 23.9. The second kappa shape index (κ2) is 5.91. The third kappa shape index (κ3) is 2.79. The Morgan fingerprint density at radius 1 is 1.39 bits per heavy atom. The molecule has 0 aliphatic carbocycles. The number of hydrogen-bond donors (Lipinski definition) is 1. The van der Waals surface area contributed by atoms with Crippen LogP contribution in [0.15, 0.2) is 24.3 Å². The van der Waals surface area contributed by atoms with Crippen LogP contribution in [0.25, 0.3) is 0 Å². The molecular formula is C15H21NOS. The summed E-state index contributed by atoms with van der Waals surface area (Å²) in [7, 11) is 0. The molecule has 18 heavy (non-hydrogen) atoms. The highest BCUT2D eigenvalue weighted by Gasteiger charge is 2.37. The van der Waals surface area contributed by atoms with Gasteiger partial charge in [0.2, 0.25) is 0 Å². The fourth-order valence-corrected chi connectivity index (χ4v) is 2.82. The van der Waals surface area contributed by atoms with Crippen molar-refractivity contribution < 1.29 is 4.74 Å². The Kier molecular flexibility index (Phi) is 4.49. The molecule has 1 saturated heterocycles. The first-order valence-electron chi connectivity index (χ1n) is 6.64. The zero-order chi connectivity index (χ0) is 13.0. The Morgan fingerprint density at radius 3 is 2.67 bits per heavy atom. The molecule has 1 aliphatic heterocycles. The van der Waals surface area contributed by atoms with E-state index >= 15 is 0 Å². The van der Waals surface area contributed by atoms with Gasteiger partial charge in [0.25, 0.3) is 0 Å². The molecule has 2 nitrogen and oxygen atoms in total. The van der Waals surface area contributed by atoms with E-state index in [0.29, 0.717) is 0 Å². The van der Waals surface area contributed by atoms with Crippen LogP contribution in [0.5, 0.6) is 0 Å². The zero-order valence-electron chi connectivity index (χ0n) is 11.2. The molecule has 3 heteroatoms. The zero-order valence-corrected chi connectivity index (χ0v) is 12.0. The molecular weight excluding hydrogens is 242 g/mol. The Morgan fingerprint density at radius 2 is 2.11 bits per heavy atom. The maximum Gasteiger partial charge on any atom is 0.116 e. The molecule has 1 heterocycles. The minimum atomic E-state index is -0.294. The Hall–Kier alpha value is -0.770. The van der Waals surface area contributed by atoms with Crippen molar-refractivity contribution in [2.75, 3.05) is 19.7 Å². The molecule has 1 unspecified atom stereocenters. The summed E-state index contributed by atoms with van der Waals surface area (Å²) in [6.45, 7) is 6.76. The van der Waals surface area contributed by atoms with Gasteiger partial charge in [-0.25, -0.2) is 0 Å². The van der Waals surface area contributed by atoms with Crippen LogP contribution in [0.3, 0.4) is 0 Å². The number of rotatable bonds is 4. The highest BCUT2D eigenvalue weighted by atomic mass is 32.1. The van der Waals surface area contributed by atoms with E-state index in [1.807, 2.05) is 0 Å². The minimum absolute atomic E-state index is 0.294. The van der Waals surface area contributed by atoms with Crippen LogP contribution < -0.4 is 5.32 Å². The quantitative estimate of drug-likeness (QED) is 0.667. The molecule has 1 fully saturated rings. The molecule has 0 spiro atoms. The van der Waals surface area contributed by atoms with Crippen molar-refractivity contribution in [3.63, 3.8) is 0 Å². The van der Waals surface area contributed by atoms with E-state index in [4.69, 9.17) is 17.0 Å². The van der Waals surface area contributed by atoms with Crippen molar-refractivity contribution in [3.05, 3.63) is 35.4 Å². The van der Waals surface area contributed by atoms with Crippen molar-refractivity contribution in [3.8, 4) is 0 Å². The molecule has 1 aromatic carbocycles. The lowest BCUT2D eigenvalue weighted by atomic mass is 9.88. The topological polar surface area (TPSA) is 21.3 Å². The summed E-state index contributed by atoms with van der Waals surface area (Å²) in [6, 6.07) is 8.43. The van der Waals surface area contributed by atoms with Gasteiger partial charge in [0, 0.05) is 13.1 Å². The fraction of sp³-hybridized carbons (Fsp3) is 0.533. The van der Waals surface area contributed by atoms with Crippen molar-refractivity contribution in [1.29, 1.82) is 0 Å². The minimum Gasteiger partial charge on any atom is -0.367 e. The summed E-state index contributed by atoms with van der Waals surface area (Å²) in [5.41, 5.74) is 2.08. The van der Waals surface area contributed by atoms with Crippen LogP contribution in [0.1, 0.15) is 30.9 Å². The third-order valence-electron chi connectivity index (χ3n) is 3.45. The molecule has 1 aromatic rings. The van der Waals surface area contributed by atoms with Crippen LogP contribution in [-0.2, 0) is 4.74 Å². The van der Waals surface area contributed by atoms with Gasteiger partial charge >= 0.3 is 0 Å². The lowest BCUT2D eigenvalue weighted by Crippen LogP contribution is -2.54. The first-order chi connectivity index (χ1) is 8.68. The molecule has 0 aromatic heterocycles. The van der Waals surface area contributed by atoms with Gasteiger partial charge in [-0.2, -0.15) is 0 Å².